The zero-order valence-electron chi connectivity index (χ0n) is 12.4. The van der Waals surface area contributed by atoms with E-state index in [0.29, 0.717) is 18.8 Å². The zero-order valence-corrected chi connectivity index (χ0v) is 12.4. The summed E-state index contributed by atoms with van der Waals surface area (Å²) in [5.74, 6) is 1.75. The Balaban J connectivity index is 1.74. The second-order valence-electron chi connectivity index (χ2n) is 4.91. The summed E-state index contributed by atoms with van der Waals surface area (Å²) in [6, 6.07) is 15.3. The van der Waals surface area contributed by atoms with Gasteiger partial charge in [-0.2, -0.15) is 5.26 Å². The van der Waals surface area contributed by atoms with E-state index in [-0.39, 0.29) is 0 Å². The number of hydrogen-bond acceptors (Lipinski definition) is 3. The Morgan fingerprint density at radius 3 is 2.14 bits per heavy atom. The van der Waals surface area contributed by atoms with Crippen molar-refractivity contribution in [3.63, 3.8) is 0 Å². The molecule has 0 bridgehead atoms. The maximum atomic E-state index is 8.72. The van der Waals surface area contributed by atoms with E-state index in [2.05, 4.69) is 32.0 Å². The van der Waals surface area contributed by atoms with Crippen LogP contribution in [0.5, 0.6) is 11.5 Å². The van der Waals surface area contributed by atoms with Crippen LogP contribution in [0.3, 0.4) is 0 Å². The molecule has 2 aromatic carbocycles. The van der Waals surface area contributed by atoms with Crippen LogP contribution in [0.2, 0.25) is 0 Å². The first-order valence-electron chi connectivity index (χ1n) is 7.02. The molecule has 0 unspecified atom stereocenters. The highest BCUT2D eigenvalue weighted by atomic mass is 16.5. The molecule has 0 radical (unpaired) electrons. The summed E-state index contributed by atoms with van der Waals surface area (Å²) in [6.45, 7) is 5.32. The van der Waals surface area contributed by atoms with Gasteiger partial charge in [0.15, 0.2) is 0 Å². The molecule has 0 N–H and O–H groups in total. The molecule has 0 aliphatic rings. The van der Waals surface area contributed by atoms with Gasteiger partial charge in [0.1, 0.15) is 11.5 Å². The molecular weight excluding hydrogens is 262 g/mol. The Labute approximate surface area is 125 Å². The van der Waals surface area contributed by atoms with Gasteiger partial charge in [-0.25, -0.2) is 0 Å². The quantitative estimate of drug-likeness (QED) is 0.751. The average Bonchev–Trinajstić information content (AvgIpc) is 2.50. The SMILES string of the molecule is Cc1cccc(C)c1OCCCOc1ccc(C#N)cc1. The molecule has 0 aliphatic carbocycles. The molecule has 0 aromatic heterocycles. The number of aryl methyl sites for hydroxylation is 2. The van der Waals surface area contributed by atoms with Crippen LogP contribution >= 0.6 is 0 Å². The van der Waals surface area contributed by atoms with Crippen LogP contribution < -0.4 is 9.47 Å². The lowest BCUT2D eigenvalue weighted by Crippen LogP contribution is -2.06. The van der Waals surface area contributed by atoms with E-state index in [9.17, 15) is 0 Å². The molecule has 0 spiro atoms. The number of nitrogens with zero attached hydrogens (tertiary/aromatic N) is 1. The maximum absolute atomic E-state index is 8.72. The zero-order chi connectivity index (χ0) is 15.1. The molecule has 0 atom stereocenters. The predicted molar refractivity (Wildman–Crippen MR) is 82.7 cm³/mol. The average molecular weight is 281 g/mol. The van der Waals surface area contributed by atoms with Crippen molar-refractivity contribution in [2.75, 3.05) is 13.2 Å². The first-order chi connectivity index (χ1) is 10.2. The molecule has 3 heteroatoms. The van der Waals surface area contributed by atoms with E-state index in [1.165, 1.54) is 0 Å². The smallest absolute Gasteiger partial charge is 0.125 e. The number of nitriles is 1. The largest absolute Gasteiger partial charge is 0.493 e. The van der Waals surface area contributed by atoms with Gasteiger partial charge in [-0.05, 0) is 49.2 Å². The molecule has 0 aliphatic heterocycles. The molecule has 0 amide bonds. The Bertz CT molecular complexity index is 606. The van der Waals surface area contributed by atoms with Gasteiger partial charge >= 0.3 is 0 Å². The van der Waals surface area contributed by atoms with Crippen molar-refractivity contribution in [1.29, 1.82) is 5.26 Å². The number of benzene rings is 2. The third-order valence-electron chi connectivity index (χ3n) is 3.20. The molecule has 108 valence electrons. The summed E-state index contributed by atoms with van der Waals surface area (Å²) < 4.78 is 11.4. The van der Waals surface area contributed by atoms with Gasteiger partial charge in [-0.15, -0.1) is 0 Å². The molecule has 2 rings (SSSR count). The fourth-order valence-corrected chi connectivity index (χ4v) is 2.08. The van der Waals surface area contributed by atoms with Crippen molar-refractivity contribution >= 4 is 0 Å². The topological polar surface area (TPSA) is 42.2 Å². The van der Waals surface area contributed by atoms with Gasteiger partial charge in [0, 0.05) is 6.42 Å². The number of rotatable bonds is 6. The van der Waals surface area contributed by atoms with Gasteiger partial charge in [0.25, 0.3) is 0 Å². The van der Waals surface area contributed by atoms with Crippen LogP contribution in [0.25, 0.3) is 0 Å². The summed E-state index contributed by atoms with van der Waals surface area (Å²) in [4.78, 5) is 0. The Morgan fingerprint density at radius 1 is 0.905 bits per heavy atom. The lowest BCUT2D eigenvalue weighted by atomic mass is 10.1. The summed E-state index contributed by atoms with van der Waals surface area (Å²) in [5.41, 5.74) is 2.95. The monoisotopic (exact) mass is 281 g/mol. The standard InChI is InChI=1S/C18H19NO2/c1-14-5-3-6-15(2)18(14)21-12-4-11-20-17-9-7-16(13-19)8-10-17/h3,5-10H,4,11-12H2,1-2H3. The van der Waals surface area contributed by atoms with Gasteiger partial charge in [-0.3, -0.25) is 0 Å². The fourth-order valence-electron chi connectivity index (χ4n) is 2.08. The van der Waals surface area contributed by atoms with Crippen LogP contribution in [0.1, 0.15) is 23.1 Å². The third-order valence-corrected chi connectivity index (χ3v) is 3.20. The van der Waals surface area contributed by atoms with Crippen molar-refractivity contribution in [2.24, 2.45) is 0 Å². The Morgan fingerprint density at radius 2 is 1.52 bits per heavy atom. The van der Waals surface area contributed by atoms with Crippen molar-refractivity contribution in [3.8, 4) is 17.6 Å². The summed E-state index contributed by atoms with van der Waals surface area (Å²) in [5, 5.41) is 8.72. The van der Waals surface area contributed by atoms with E-state index in [1.54, 1.807) is 12.1 Å². The molecule has 0 heterocycles. The lowest BCUT2D eigenvalue weighted by molar-refractivity contribution is 0.246. The fraction of sp³-hybridized carbons (Fsp3) is 0.278. The Kier molecular flexibility index (Phi) is 5.22. The summed E-state index contributed by atoms with van der Waals surface area (Å²) in [6.07, 6.45) is 0.813. The second kappa shape index (κ2) is 7.35. The molecule has 0 fully saturated rings. The first-order valence-corrected chi connectivity index (χ1v) is 7.02. The minimum absolute atomic E-state index is 0.594. The normalized spacial score (nSPS) is 9.95. The molecule has 0 saturated heterocycles. The third kappa shape index (κ3) is 4.25. The highest BCUT2D eigenvalue weighted by molar-refractivity contribution is 5.39. The number of para-hydroxylation sites is 1. The van der Waals surface area contributed by atoms with Crippen LogP contribution in [0.4, 0.5) is 0 Å². The van der Waals surface area contributed by atoms with Crippen molar-refractivity contribution < 1.29 is 9.47 Å². The summed E-state index contributed by atoms with van der Waals surface area (Å²) >= 11 is 0. The highest BCUT2D eigenvalue weighted by Gasteiger charge is 2.02. The van der Waals surface area contributed by atoms with E-state index in [0.717, 1.165) is 29.0 Å². The molecule has 3 nitrogen and oxygen atoms in total. The Hall–Kier alpha value is -2.47. The van der Waals surface area contributed by atoms with Gasteiger partial charge in [-0.1, -0.05) is 18.2 Å². The minimum atomic E-state index is 0.594. The highest BCUT2D eigenvalue weighted by Crippen LogP contribution is 2.22. The van der Waals surface area contributed by atoms with Crippen molar-refractivity contribution in [2.45, 2.75) is 20.3 Å². The molecule has 0 saturated carbocycles. The van der Waals surface area contributed by atoms with Gasteiger partial charge in [0.05, 0.1) is 24.8 Å². The minimum Gasteiger partial charge on any atom is -0.493 e. The van der Waals surface area contributed by atoms with Crippen LogP contribution in [0.15, 0.2) is 42.5 Å². The molecule has 21 heavy (non-hydrogen) atoms. The van der Waals surface area contributed by atoms with E-state index < -0.39 is 0 Å². The molecular formula is C18H19NO2. The number of hydrogen-bond donors (Lipinski definition) is 0. The van der Waals surface area contributed by atoms with E-state index >= 15 is 0 Å². The van der Waals surface area contributed by atoms with Crippen molar-refractivity contribution in [1.82, 2.24) is 0 Å². The first kappa shape index (κ1) is 14.9. The van der Waals surface area contributed by atoms with Crippen LogP contribution in [0, 0.1) is 25.2 Å². The van der Waals surface area contributed by atoms with E-state index in [4.69, 9.17) is 14.7 Å². The maximum Gasteiger partial charge on any atom is 0.125 e. The number of ether oxygens (including phenoxy) is 2. The second-order valence-corrected chi connectivity index (χ2v) is 4.91. The van der Waals surface area contributed by atoms with Gasteiger partial charge < -0.3 is 9.47 Å². The molecule has 2 aromatic rings. The predicted octanol–water partition coefficient (Wildman–Crippen LogP) is 4.02. The van der Waals surface area contributed by atoms with Crippen LogP contribution in [-0.2, 0) is 0 Å². The van der Waals surface area contributed by atoms with Crippen LogP contribution in [-0.4, -0.2) is 13.2 Å². The summed E-state index contributed by atoms with van der Waals surface area (Å²) in [7, 11) is 0. The van der Waals surface area contributed by atoms with Gasteiger partial charge in [0.2, 0.25) is 0 Å². The lowest BCUT2D eigenvalue weighted by Gasteiger charge is -2.12. The van der Waals surface area contributed by atoms with E-state index in [1.807, 2.05) is 18.2 Å². The van der Waals surface area contributed by atoms with Crippen molar-refractivity contribution in [3.05, 3.63) is 59.2 Å².